The van der Waals surface area contributed by atoms with Gasteiger partial charge in [-0.25, -0.2) is 9.97 Å². The van der Waals surface area contributed by atoms with Crippen LogP contribution in [0.2, 0.25) is 0 Å². The minimum Gasteiger partial charge on any atom is -0.352 e. The quantitative estimate of drug-likeness (QED) is 0.695. The molecule has 8 nitrogen and oxygen atoms in total. The van der Waals surface area contributed by atoms with Crippen LogP contribution in [0.1, 0.15) is 16.1 Å². The molecule has 0 atom stereocenters. The van der Waals surface area contributed by atoms with E-state index in [0.29, 0.717) is 18.7 Å². The molecule has 25 heavy (non-hydrogen) atoms. The van der Waals surface area contributed by atoms with Crippen molar-refractivity contribution in [3.63, 3.8) is 0 Å². The van der Waals surface area contributed by atoms with Crippen LogP contribution in [0.5, 0.6) is 0 Å². The minimum atomic E-state index is 0.0290. The molecular weight excluding hydrogens is 318 g/mol. The van der Waals surface area contributed by atoms with Crippen molar-refractivity contribution in [1.82, 2.24) is 29.6 Å². The van der Waals surface area contributed by atoms with Crippen LogP contribution in [-0.2, 0) is 7.05 Å². The molecule has 0 spiro atoms. The Morgan fingerprint density at radius 1 is 1.04 bits per heavy atom. The monoisotopic (exact) mass is 337 g/mol. The second kappa shape index (κ2) is 6.12. The summed E-state index contributed by atoms with van der Waals surface area (Å²) in [5.41, 5.74) is 2.36. The maximum Gasteiger partial charge on any atom is 0.255 e. The van der Waals surface area contributed by atoms with Crippen molar-refractivity contribution in [3.8, 4) is 0 Å². The number of carbonyl (C=O) groups is 1. The summed E-state index contributed by atoms with van der Waals surface area (Å²) in [4.78, 5) is 29.6. The number of piperazine rings is 1. The molecular formula is C17H19N7O. The summed E-state index contributed by atoms with van der Waals surface area (Å²) in [6.07, 6.45) is 5.00. The van der Waals surface area contributed by atoms with Crippen LogP contribution >= 0.6 is 0 Å². The van der Waals surface area contributed by atoms with Crippen molar-refractivity contribution in [2.24, 2.45) is 7.05 Å². The first-order chi connectivity index (χ1) is 12.1. The van der Waals surface area contributed by atoms with Gasteiger partial charge < -0.3 is 9.80 Å². The number of pyridine rings is 1. The highest BCUT2D eigenvalue weighted by Gasteiger charge is 2.24. The normalized spacial score (nSPS) is 15.0. The van der Waals surface area contributed by atoms with Gasteiger partial charge in [0.05, 0.1) is 17.1 Å². The first-order valence-electron chi connectivity index (χ1n) is 8.23. The first kappa shape index (κ1) is 15.5. The zero-order chi connectivity index (χ0) is 17.4. The van der Waals surface area contributed by atoms with Crippen LogP contribution in [-0.4, -0.2) is 61.7 Å². The lowest BCUT2D eigenvalue weighted by Crippen LogP contribution is -2.49. The van der Waals surface area contributed by atoms with E-state index in [4.69, 9.17) is 0 Å². The van der Waals surface area contributed by atoms with Crippen LogP contribution in [0.15, 0.2) is 30.9 Å². The maximum atomic E-state index is 12.6. The second-order valence-corrected chi connectivity index (χ2v) is 6.17. The van der Waals surface area contributed by atoms with Gasteiger partial charge in [0.15, 0.2) is 5.65 Å². The summed E-state index contributed by atoms with van der Waals surface area (Å²) in [7, 11) is 1.87. The van der Waals surface area contributed by atoms with E-state index in [1.807, 2.05) is 31.0 Å². The van der Waals surface area contributed by atoms with Gasteiger partial charge in [-0.3, -0.25) is 14.5 Å². The molecule has 4 heterocycles. The van der Waals surface area contributed by atoms with E-state index in [2.05, 4.69) is 25.0 Å². The molecule has 0 aliphatic carbocycles. The van der Waals surface area contributed by atoms with Crippen molar-refractivity contribution >= 4 is 22.8 Å². The maximum absolute atomic E-state index is 12.6. The largest absolute Gasteiger partial charge is 0.352 e. The molecule has 0 N–H and O–H groups in total. The molecule has 1 saturated heterocycles. The van der Waals surface area contributed by atoms with Gasteiger partial charge in [-0.05, 0) is 19.1 Å². The molecule has 1 aliphatic rings. The zero-order valence-corrected chi connectivity index (χ0v) is 14.3. The van der Waals surface area contributed by atoms with Crippen molar-refractivity contribution in [3.05, 3.63) is 42.1 Å². The van der Waals surface area contributed by atoms with Gasteiger partial charge >= 0.3 is 0 Å². The smallest absolute Gasteiger partial charge is 0.255 e. The zero-order valence-electron chi connectivity index (χ0n) is 14.3. The van der Waals surface area contributed by atoms with E-state index < -0.39 is 0 Å². The van der Waals surface area contributed by atoms with Crippen LogP contribution < -0.4 is 4.90 Å². The van der Waals surface area contributed by atoms with Crippen LogP contribution in [0.4, 0.5) is 5.82 Å². The predicted octanol–water partition coefficient (Wildman–Crippen LogP) is 1.03. The summed E-state index contributed by atoms with van der Waals surface area (Å²) in [5.74, 6) is 0.906. The van der Waals surface area contributed by atoms with Crippen molar-refractivity contribution < 1.29 is 4.79 Å². The summed E-state index contributed by atoms with van der Waals surface area (Å²) < 4.78 is 1.74. The van der Waals surface area contributed by atoms with E-state index in [0.717, 1.165) is 35.6 Å². The molecule has 4 rings (SSSR count). The number of anilines is 1. The summed E-state index contributed by atoms with van der Waals surface area (Å²) in [6.45, 7) is 4.67. The van der Waals surface area contributed by atoms with E-state index in [9.17, 15) is 4.79 Å². The van der Waals surface area contributed by atoms with Crippen LogP contribution in [0, 0.1) is 6.92 Å². The SMILES string of the molecule is Cc1ccc(C(=O)N2CCN(c3ncnc4c3cnn4C)CC2)cn1. The Morgan fingerprint density at radius 2 is 1.84 bits per heavy atom. The molecule has 1 amide bonds. The van der Waals surface area contributed by atoms with E-state index >= 15 is 0 Å². The van der Waals surface area contributed by atoms with Crippen molar-refractivity contribution in [2.75, 3.05) is 31.1 Å². The number of hydrogen-bond donors (Lipinski definition) is 0. The number of hydrogen-bond acceptors (Lipinski definition) is 6. The molecule has 3 aromatic heterocycles. The molecule has 0 bridgehead atoms. The van der Waals surface area contributed by atoms with Gasteiger partial charge in [0.25, 0.3) is 5.91 Å². The Kier molecular flexibility index (Phi) is 3.79. The fourth-order valence-electron chi connectivity index (χ4n) is 3.10. The fourth-order valence-corrected chi connectivity index (χ4v) is 3.10. The highest BCUT2D eigenvalue weighted by molar-refractivity contribution is 5.94. The summed E-state index contributed by atoms with van der Waals surface area (Å²) >= 11 is 0. The Balaban J connectivity index is 1.49. The number of aromatic nitrogens is 5. The highest BCUT2D eigenvalue weighted by Crippen LogP contribution is 2.23. The first-order valence-corrected chi connectivity index (χ1v) is 8.23. The number of fused-ring (bicyclic) bond motifs is 1. The van der Waals surface area contributed by atoms with E-state index in [1.54, 1.807) is 23.4 Å². The van der Waals surface area contributed by atoms with Gasteiger partial charge in [-0.2, -0.15) is 5.10 Å². The second-order valence-electron chi connectivity index (χ2n) is 6.17. The van der Waals surface area contributed by atoms with Gasteiger partial charge in [-0.1, -0.05) is 0 Å². The molecule has 1 fully saturated rings. The standard InChI is InChI=1S/C17H19N7O/c1-12-3-4-13(9-18-12)17(25)24-7-5-23(6-8-24)16-14-10-21-22(2)15(14)19-11-20-16/h3-4,9-11H,5-8H2,1-2H3. The number of nitrogens with zero attached hydrogens (tertiary/aromatic N) is 7. The minimum absolute atomic E-state index is 0.0290. The lowest BCUT2D eigenvalue weighted by atomic mass is 10.2. The average molecular weight is 337 g/mol. The Bertz CT molecular complexity index is 910. The average Bonchev–Trinajstić information content (AvgIpc) is 3.03. The summed E-state index contributed by atoms with van der Waals surface area (Å²) in [6, 6.07) is 3.70. The molecule has 0 saturated carbocycles. The molecule has 1 aliphatic heterocycles. The highest BCUT2D eigenvalue weighted by atomic mass is 16.2. The predicted molar refractivity (Wildman–Crippen MR) is 93.4 cm³/mol. The van der Waals surface area contributed by atoms with Gasteiger partial charge in [0, 0.05) is 45.1 Å². The Hall–Kier alpha value is -3.03. The summed E-state index contributed by atoms with van der Waals surface area (Å²) in [5, 5.41) is 5.19. The molecule has 0 unspecified atom stereocenters. The van der Waals surface area contributed by atoms with Crippen molar-refractivity contribution in [2.45, 2.75) is 6.92 Å². The molecule has 0 radical (unpaired) electrons. The third-order valence-electron chi connectivity index (χ3n) is 4.53. The van der Waals surface area contributed by atoms with Crippen LogP contribution in [0.25, 0.3) is 11.0 Å². The number of carbonyl (C=O) groups excluding carboxylic acids is 1. The van der Waals surface area contributed by atoms with Crippen LogP contribution in [0.3, 0.4) is 0 Å². The van der Waals surface area contributed by atoms with Crippen molar-refractivity contribution in [1.29, 1.82) is 0 Å². The molecule has 3 aromatic rings. The number of aryl methyl sites for hydroxylation is 2. The third-order valence-corrected chi connectivity index (χ3v) is 4.53. The van der Waals surface area contributed by atoms with Gasteiger partial charge in [0.2, 0.25) is 0 Å². The molecule has 128 valence electrons. The fraction of sp³-hybridized carbons (Fsp3) is 0.353. The third kappa shape index (κ3) is 2.79. The van der Waals surface area contributed by atoms with Gasteiger partial charge in [0.1, 0.15) is 12.1 Å². The van der Waals surface area contributed by atoms with E-state index in [-0.39, 0.29) is 5.91 Å². The van der Waals surface area contributed by atoms with E-state index in [1.165, 1.54) is 0 Å². The van der Waals surface area contributed by atoms with Gasteiger partial charge in [-0.15, -0.1) is 0 Å². The lowest BCUT2D eigenvalue weighted by Gasteiger charge is -2.35. The molecule has 8 heteroatoms. The number of rotatable bonds is 2. The Morgan fingerprint density at radius 3 is 2.56 bits per heavy atom. The Labute approximate surface area is 145 Å². The molecule has 0 aromatic carbocycles. The lowest BCUT2D eigenvalue weighted by molar-refractivity contribution is 0.0746. The topological polar surface area (TPSA) is 80.0 Å². The number of amides is 1.